The van der Waals surface area contributed by atoms with Crippen molar-refractivity contribution in [1.82, 2.24) is 4.98 Å². The number of hydrogen-bond acceptors (Lipinski definition) is 1. The number of rotatable bonds is 2. The van der Waals surface area contributed by atoms with Gasteiger partial charge in [-0.05, 0) is 73.3 Å². The van der Waals surface area contributed by atoms with Crippen LogP contribution in [0.4, 0.5) is 4.39 Å². The number of hydrogen-bond donors (Lipinski definition) is 1. The summed E-state index contributed by atoms with van der Waals surface area (Å²) in [5.74, 6) is -0.164. The Hall–Kier alpha value is -2.13. The Balaban J connectivity index is 1.53. The molecule has 2 heterocycles. The van der Waals surface area contributed by atoms with Gasteiger partial charge in [0.2, 0.25) is 0 Å². The third-order valence-corrected chi connectivity index (χ3v) is 7.13. The van der Waals surface area contributed by atoms with Crippen molar-refractivity contribution in [3.8, 4) is 0 Å². The quantitative estimate of drug-likeness (QED) is 0.594. The fraction of sp³-hybridized carbons (Fsp3) is 0.417. The number of aromatic amines is 1. The van der Waals surface area contributed by atoms with Crippen LogP contribution >= 0.6 is 0 Å². The lowest BCUT2D eigenvalue weighted by Gasteiger charge is -2.48. The van der Waals surface area contributed by atoms with E-state index < -0.39 is 0 Å². The zero-order valence-electron chi connectivity index (χ0n) is 15.9. The van der Waals surface area contributed by atoms with Crippen molar-refractivity contribution in [1.29, 1.82) is 0 Å². The molecule has 3 aromatic rings. The van der Waals surface area contributed by atoms with Gasteiger partial charge in [-0.3, -0.25) is 0 Å². The Morgan fingerprint density at radius 3 is 2.56 bits per heavy atom. The molecule has 5 rings (SSSR count). The van der Waals surface area contributed by atoms with Crippen molar-refractivity contribution in [3.63, 3.8) is 0 Å². The van der Waals surface area contributed by atoms with E-state index in [9.17, 15) is 4.39 Å². The maximum atomic E-state index is 13.8. The highest BCUT2D eigenvalue weighted by Crippen LogP contribution is 2.52. The molecule has 0 saturated heterocycles. The molecule has 2 aliphatic rings. The van der Waals surface area contributed by atoms with Gasteiger partial charge in [0, 0.05) is 10.9 Å². The summed E-state index contributed by atoms with van der Waals surface area (Å²) in [6.45, 7) is 3.03. The summed E-state index contributed by atoms with van der Waals surface area (Å²) in [4.78, 5) is 3.60. The van der Waals surface area contributed by atoms with Gasteiger partial charge in [0.1, 0.15) is 11.4 Å². The number of aromatic nitrogens is 1. The van der Waals surface area contributed by atoms with Gasteiger partial charge in [-0.25, -0.2) is 4.39 Å². The van der Waals surface area contributed by atoms with Crippen LogP contribution in [0, 0.1) is 5.82 Å². The fourth-order valence-electron chi connectivity index (χ4n) is 5.45. The molecule has 1 fully saturated rings. The topological polar surface area (TPSA) is 25.0 Å². The molecule has 0 bridgehead atoms. The van der Waals surface area contributed by atoms with Crippen LogP contribution in [0.15, 0.2) is 48.5 Å². The molecule has 27 heavy (non-hydrogen) atoms. The van der Waals surface area contributed by atoms with Crippen LogP contribution in [0.3, 0.4) is 0 Å². The van der Waals surface area contributed by atoms with E-state index in [2.05, 4.69) is 42.2 Å². The predicted octanol–water partition coefficient (Wildman–Crippen LogP) is 6.00. The van der Waals surface area contributed by atoms with E-state index in [0.29, 0.717) is 0 Å². The average molecular weight is 363 g/mol. The second kappa shape index (κ2) is 6.20. The number of fused-ring (bicyclic) bond motifs is 4. The third kappa shape index (κ3) is 2.55. The second-order valence-corrected chi connectivity index (χ2v) is 8.26. The number of ether oxygens (including phenoxy) is 1. The molecule has 1 aliphatic heterocycles. The Bertz CT molecular complexity index is 967. The third-order valence-electron chi connectivity index (χ3n) is 7.13. The van der Waals surface area contributed by atoms with Crippen LogP contribution in [0.2, 0.25) is 0 Å². The first-order valence-corrected chi connectivity index (χ1v) is 10.2. The van der Waals surface area contributed by atoms with Crippen LogP contribution in [0.5, 0.6) is 0 Å². The SMILES string of the molecule is CCC1(c2ccccc2)CCC2(CC1)OCCc1c2[nH]c2ccc(F)cc12. The first-order valence-electron chi connectivity index (χ1n) is 10.2. The molecule has 1 aromatic heterocycles. The lowest BCUT2D eigenvalue weighted by Crippen LogP contribution is -2.44. The average Bonchev–Trinajstić information content (AvgIpc) is 3.09. The van der Waals surface area contributed by atoms with Gasteiger partial charge >= 0.3 is 0 Å². The molecule has 0 atom stereocenters. The smallest absolute Gasteiger partial charge is 0.123 e. The highest BCUT2D eigenvalue weighted by Gasteiger charge is 2.47. The van der Waals surface area contributed by atoms with Gasteiger partial charge in [-0.1, -0.05) is 37.3 Å². The van der Waals surface area contributed by atoms with Gasteiger partial charge in [0.25, 0.3) is 0 Å². The molecule has 1 aliphatic carbocycles. The van der Waals surface area contributed by atoms with Gasteiger partial charge in [0.15, 0.2) is 0 Å². The fourth-order valence-corrected chi connectivity index (χ4v) is 5.45. The van der Waals surface area contributed by atoms with E-state index in [1.165, 1.54) is 22.9 Å². The van der Waals surface area contributed by atoms with Crippen LogP contribution in [-0.2, 0) is 22.2 Å². The van der Waals surface area contributed by atoms with Crippen molar-refractivity contribution < 1.29 is 9.13 Å². The van der Waals surface area contributed by atoms with E-state index in [0.717, 1.165) is 56.0 Å². The van der Waals surface area contributed by atoms with E-state index in [4.69, 9.17) is 4.74 Å². The Labute approximate surface area is 159 Å². The standard InChI is InChI=1S/C24H26FNO/c1-2-23(17-6-4-3-5-7-17)11-13-24(14-12-23)22-19(10-15-27-24)20-16-18(25)8-9-21(20)26-22/h3-9,16,26H,2,10-15H2,1H3. The molecule has 2 aromatic carbocycles. The number of nitrogens with one attached hydrogen (secondary N) is 1. The molecule has 0 unspecified atom stereocenters. The van der Waals surface area contributed by atoms with Gasteiger partial charge in [-0.15, -0.1) is 0 Å². The molecule has 1 spiro atoms. The summed E-state index contributed by atoms with van der Waals surface area (Å²) in [5.41, 5.74) is 4.95. The molecular weight excluding hydrogens is 337 g/mol. The minimum Gasteiger partial charge on any atom is -0.368 e. The molecule has 2 nitrogen and oxygen atoms in total. The Morgan fingerprint density at radius 1 is 1.04 bits per heavy atom. The summed E-state index contributed by atoms with van der Waals surface area (Å²) in [5, 5.41) is 1.03. The maximum Gasteiger partial charge on any atom is 0.123 e. The highest BCUT2D eigenvalue weighted by molar-refractivity contribution is 5.85. The first-order chi connectivity index (χ1) is 13.2. The molecule has 0 amide bonds. The molecule has 3 heteroatoms. The Morgan fingerprint density at radius 2 is 1.81 bits per heavy atom. The minimum atomic E-state index is -0.240. The number of halogens is 1. The molecule has 140 valence electrons. The van der Waals surface area contributed by atoms with Gasteiger partial charge < -0.3 is 9.72 Å². The van der Waals surface area contributed by atoms with Crippen LogP contribution in [0.25, 0.3) is 10.9 Å². The van der Waals surface area contributed by atoms with E-state index in [1.807, 2.05) is 6.07 Å². The van der Waals surface area contributed by atoms with Gasteiger partial charge in [-0.2, -0.15) is 0 Å². The van der Waals surface area contributed by atoms with E-state index in [-0.39, 0.29) is 16.8 Å². The highest BCUT2D eigenvalue weighted by atomic mass is 19.1. The van der Waals surface area contributed by atoms with Crippen molar-refractivity contribution in [2.75, 3.05) is 6.61 Å². The Kier molecular flexibility index (Phi) is 3.90. The zero-order chi connectivity index (χ0) is 18.5. The van der Waals surface area contributed by atoms with Gasteiger partial charge in [0.05, 0.1) is 12.3 Å². The molecule has 1 saturated carbocycles. The van der Waals surface area contributed by atoms with E-state index >= 15 is 0 Å². The largest absolute Gasteiger partial charge is 0.368 e. The van der Waals surface area contributed by atoms with Crippen molar-refractivity contribution in [2.45, 2.75) is 56.5 Å². The maximum absolute atomic E-state index is 13.8. The summed E-state index contributed by atoms with van der Waals surface area (Å²) in [7, 11) is 0. The predicted molar refractivity (Wildman–Crippen MR) is 106 cm³/mol. The summed E-state index contributed by atoms with van der Waals surface area (Å²) in [6.07, 6.45) is 6.28. The van der Waals surface area contributed by atoms with Crippen LogP contribution in [-0.4, -0.2) is 11.6 Å². The zero-order valence-corrected chi connectivity index (χ0v) is 15.9. The van der Waals surface area contributed by atoms with Crippen molar-refractivity contribution >= 4 is 10.9 Å². The number of benzene rings is 2. The number of H-pyrrole nitrogens is 1. The minimum absolute atomic E-state index is 0.164. The van der Waals surface area contributed by atoms with Crippen molar-refractivity contribution in [3.05, 3.63) is 71.2 Å². The molecular formula is C24H26FNO. The summed E-state index contributed by atoms with van der Waals surface area (Å²) >= 11 is 0. The lowest BCUT2D eigenvalue weighted by atomic mass is 9.62. The summed E-state index contributed by atoms with van der Waals surface area (Å²) in [6, 6.07) is 16.0. The first kappa shape index (κ1) is 17.0. The van der Waals surface area contributed by atoms with Crippen LogP contribution < -0.4 is 0 Å². The lowest BCUT2D eigenvalue weighted by molar-refractivity contribution is -0.0991. The molecule has 1 N–H and O–H groups in total. The monoisotopic (exact) mass is 363 g/mol. The van der Waals surface area contributed by atoms with Crippen LogP contribution in [0.1, 0.15) is 55.8 Å². The molecule has 0 radical (unpaired) electrons. The normalized spacial score (nSPS) is 27.8. The summed E-state index contributed by atoms with van der Waals surface area (Å²) < 4.78 is 20.2. The second-order valence-electron chi connectivity index (χ2n) is 8.26. The van der Waals surface area contributed by atoms with E-state index in [1.54, 1.807) is 6.07 Å². The van der Waals surface area contributed by atoms with Crippen molar-refractivity contribution in [2.24, 2.45) is 0 Å².